The molecule has 1 heterocycles. The van der Waals surface area contributed by atoms with E-state index >= 15 is 0 Å². The molecule has 2 nitrogen and oxygen atoms in total. The van der Waals surface area contributed by atoms with Crippen molar-refractivity contribution in [3.05, 3.63) is 52.0 Å². The van der Waals surface area contributed by atoms with Crippen LogP contribution in [0, 0.1) is 12.8 Å². The van der Waals surface area contributed by atoms with Gasteiger partial charge >= 0.3 is 0 Å². The predicted octanol–water partition coefficient (Wildman–Crippen LogP) is 3.24. The number of thiazole rings is 1. The molecule has 0 radical (unpaired) electrons. The van der Waals surface area contributed by atoms with Crippen LogP contribution in [0.5, 0.6) is 0 Å². The maximum absolute atomic E-state index is 9.47. The summed E-state index contributed by atoms with van der Waals surface area (Å²) in [6.07, 6.45) is 3.00. The van der Waals surface area contributed by atoms with Crippen LogP contribution in [0.1, 0.15) is 22.6 Å². The van der Waals surface area contributed by atoms with Gasteiger partial charge in [-0.3, -0.25) is 0 Å². The summed E-state index contributed by atoms with van der Waals surface area (Å²) in [5, 5.41) is 9.47. The van der Waals surface area contributed by atoms with Gasteiger partial charge in [-0.05, 0) is 37.7 Å². The van der Waals surface area contributed by atoms with Gasteiger partial charge < -0.3 is 5.11 Å². The van der Waals surface area contributed by atoms with Gasteiger partial charge in [-0.25, -0.2) is 4.98 Å². The van der Waals surface area contributed by atoms with Crippen molar-refractivity contribution in [1.29, 1.82) is 0 Å². The number of rotatable bonds is 6. The molecule has 0 bridgehead atoms. The number of benzene rings is 1. The number of aliphatic hydroxyl groups is 1. The Labute approximate surface area is 112 Å². The summed E-state index contributed by atoms with van der Waals surface area (Å²) in [5.41, 5.74) is 4.34. The Hall–Kier alpha value is -1.19. The number of hydrogen-bond donors (Lipinski definition) is 1. The lowest BCUT2D eigenvalue weighted by Gasteiger charge is -2.13. The third kappa shape index (κ3) is 3.65. The lowest BCUT2D eigenvalue weighted by atomic mass is 9.95. The molecule has 1 atom stereocenters. The standard InChI is InChI=1S/C15H19NOS/c1-12-15(18-11-16-12)8-7-14(10-17)9-13-5-3-2-4-6-13/h2-6,11,14,17H,7-10H2,1H3. The monoisotopic (exact) mass is 261 g/mol. The van der Waals surface area contributed by atoms with Gasteiger partial charge in [0, 0.05) is 11.5 Å². The fraction of sp³-hybridized carbons (Fsp3) is 0.400. The molecule has 96 valence electrons. The highest BCUT2D eigenvalue weighted by atomic mass is 32.1. The molecule has 0 aliphatic carbocycles. The van der Waals surface area contributed by atoms with Crippen LogP contribution in [-0.4, -0.2) is 16.7 Å². The summed E-state index contributed by atoms with van der Waals surface area (Å²) in [7, 11) is 0. The molecule has 2 aromatic rings. The van der Waals surface area contributed by atoms with E-state index in [1.165, 1.54) is 10.4 Å². The fourth-order valence-electron chi connectivity index (χ4n) is 2.11. The van der Waals surface area contributed by atoms with Crippen LogP contribution in [0.3, 0.4) is 0 Å². The molecule has 0 aliphatic rings. The van der Waals surface area contributed by atoms with Crippen molar-refractivity contribution in [2.24, 2.45) is 5.92 Å². The zero-order chi connectivity index (χ0) is 12.8. The minimum Gasteiger partial charge on any atom is -0.396 e. The molecule has 0 aliphatic heterocycles. The predicted molar refractivity (Wildman–Crippen MR) is 75.9 cm³/mol. The molecule has 0 saturated heterocycles. The van der Waals surface area contributed by atoms with Crippen molar-refractivity contribution < 1.29 is 5.11 Å². The molecule has 1 aromatic heterocycles. The van der Waals surface area contributed by atoms with E-state index in [0.29, 0.717) is 5.92 Å². The van der Waals surface area contributed by atoms with Crippen molar-refractivity contribution in [2.45, 2.75) is 26.2 Å². The molecule has 0 spiro atoms. The van der Waals surface area contributed by atoms with Crippen LogP contribution in [-0.2, 0) is 12.8 Å². The van der Waals surface area contributed by atoms with E-state index in [0.717, 1.165) is 25.0 Å². The summed E-state index contributed by atoms with van der Waals surface area (Å²) in [4.78, 5) is 5.61. The second-order valence-corrected chi connectivity index (χ2v) is 5.58. The van der Waals surface area contributed by atoms with E-state index < -0.39 is 0 Å². The number of aryl methyl sites for hydroxylation is 2. The Balaban J connectivity index is 1.88. The van der Waals surface area contributed by atoms with Crippen LogP contribution < -0.4 is 0 Å². The van der Waals surface area contributed by atoms with Gasteiger partial charge in [0.1, 0.15) is 0 Å². The first kappa shape index (κ1) is 13.2. The van der Waals surface area contributed by atoms with E-state index in [4.69, 9.17) is 0 Å². The summed E-state index contributed by atoms with van der Waals surface area (Å²) in [6.45, 7) is 2.31. The van der Waals surface area contributed by atoms with E-state index in [2.05, 4.69) is 36.2 Å². The van der Waals surface area contributed by atoms with E-state index in [-0.39, 0.29) is 6.61 Å². The Morgan fingerprint density at radius 2 is 2.06 bits per heavy atom. The molecule has 0 saturated carbocycles. The van der Waals surface area contributed by atoms with Gasteiger partial charge in [0.05, 0.1) is 11.2 Å². The Kier molecular flexibility index (Phi) is 4.90. The topological polar surface area (TPSA) is 33.1 Å². The van der Waals surface area contributed by atoms with Crippen LogP contribution in [0.4, 0.5) is 0 Å². The fourth-order valence-corrected chi connectivity index (χ4v) is 2.90. The number of aromatic nitrogens is 1. The first-order valence-electron chi connectivity index (χ1n) is 6.33. The average molecular weight is 261 g/mol. The van der Waals surface area contributed by atoms with Crippen LogP contribution in [0.15, 0.2) is 35.8 Å². The molecule has 1 aromatic carbocycles. The maximum atomic E-state index is 9.47. The molecule has 3 heteroatoms. The van der Waals surface area contributed by atoms with Gasteiger partial charge in [-0.2, -0.15) is 0 Å². The first-order chi connectivity index (χ1) is 8.79. The van der Waals surface area contributed by atoms with E-state index in [9.17, 15) is 5.11 Å². The quantitative estimate of drug-likeness (QED) is 0.866. The van der Waals surface area contributed by atoms with Gasteiger partial charge in [0.25, 0.3) is 0 Å². The van der Waals surface area contributed by atoms with Gasteiger partial charge in [0.15, 0.2) is 0 Å². The van der Waals surface area contributed by atoms with Crippen molar-refractivity contribution in [3.63, 3.8) is 0 Å². The second-order valence-electron chi connectivity index (χ2n) is 4.64. The molecular formula is C15H19NOS. The third-order valence-corrected chi connectivity index (χ3v) is 4.24. The minimum absolute atomic E-state index is 0.257. The normalized spacial score (nSPS) is 12.6. The first-order valence-corrected chi connectivity index (χ1v) is 7.21. The minimum atomic E-state index is 0.257. The second kappa shape index (κ2) is 6.66. The summed E-state index contributed by atoms with van der Waals surface area (Å²) in [6, 6.07) is 10.4. The average Bonchev–Trinajstić information content (AvgIpc) is 2.81. The van der Waals surface area contributed by atoms with E-state index in [1.807, 2.05) is 11.6 Å². The lowest BCUT2D eigenvalue weighted by molar-refractivity contribution is 0.218. The highest BCUT2D eigenvalue weighted by molar-refractivity contribution is 7.09. The van der Waals surface area contributed by atoms with Gasteiger partial charge in [-0.1, -0.05) is 30.3 Å². The Morgan fingerprint density at radius 3 is 2.67 bits per heavy atom. The zero-order valence-corrected chi connectivity index (χ0v) is 11.5. The Morgan fingerprint density at radius 1 is 1.28 bits per heavy atom. The lowest BCUT2D eigenvalue weighted by Crippen LogP contribution is -2.10. The molecule has 0 fully saturated rings. The highest BCUT2D eigenvalue weighted by Gasteiger charge is 2.10. The van der Waals surface area contributed by atoms with Crippen molar-refractivity contribution in [3.8, 4) is 0 Å². The van der Waals surface area contributed by atoms with E-state index in [1.54, 1.807) is 11.3 Å². The molecular weight excluding hydrogens is 242 g/mol. The van der Waals surface area contributed by atoms with Crippen molar-refractivity contribution in [2.75, 3.05) is 6.61 Å². The summed E-state index contributed by atoms with van der Waals surface area (Å²) < 4.78 is 0. The molecule has 1 unspecified atom stereocenters. The number of aliphatic hydroxyl groups excluding tert-OH is 1. The smallest absolute Gasteiger partial charge is 0.0797 e. The van der Waals surface area contributed by atoms with Crippen molar-refractivity contribution >= 4 is 11.3 Å². The highest BCUT2D eigenvalue weighted by Crippen LogP contribution is 2.19. The van der Waals surface area contributed by atoms with Crippen LogP contribution in [0.25, 0.3) is 0 Å². The molecule has 0 amide bonds. The van der Waals surface area contributed by atoms with Crippen LogP contribution in [0.2, 0.25) is 0 Å². The number of hydrogen-bond acceptors (Lipinski definition) is 3. The van der Waals surface area contributed by atoms with Crippen LogP contribution >= 0.6 is 11.3 Å². The SMILES string of the molecule is Cc1ncsc1CCC(CO)Cc1ccccc1. The largest absolute Gasteiger partial charge is 0.396 e. The number of nitrogens with zero attached hydrogens (tertiary/aromatic N) is 1. The summed E-state index contributed by atoms with van der Waals surface area (Å²) in [5.74, 6) is 0.342. The summed E-state index contributed by atoms with van der Waals surface area (Å²) >= 11 is 1.72. The van der Waals surface area contributed by atoms with Gasteiger partial charge in [-0.15, -0.1) is 11.3 Å². The molecule has 18 heavy (non-hydrogen) atoms. The third-order valence-electron chi connectivity index (χ3n) is 3.25. The zero-order valence-electron chi connectivity index (χ0n) is 10.7. The maximum Gasteiger partial charge on any atom is 0.0797 e. The van der Waals surface area contributed by atoms with Gasteiger partial charge in [0.2, 0.25) is 0 Å². The molecule has 1 N–H and O–H groups in total. The Bertz CT molecular complexity index is 466. The van der Waals surface area contributed by atoms with Crippen molar-refractivity contribution in [1.82, 2.24) is 4.98 Å². The molecule has 2 rings (SSSR count).